The maximum Gasteiger partial charge on any atom is 0.317 e. The van der Waals surface area contributed by atoms with E-state index >= 15 is 0 Å². The van der Waals surface area contributed by atoms with Crippen LogP contribution in [-0.2, 0) is 11.2 Å². The summed E-state index contributed by atoms with van der Waals surface area (Å²) in [6, 6.07) is -0.0784. The van der Waals surface area contributed by atoms with Gasteiger partial charge >= 0.3 is 12.0 Å². The molecule has 0 saturated carbocycles. The summed E-state index contributed by atoms with van der Waals surface area (Å²) in [6.07, 6.45) is 5.84. The smallest absolute Gasteiger partial charge is 0.317 e. The van der Waals surface area contributed by atoms with Crippen molar-refractivity contribution >= 4 is 12.0 Å². The molecule has 2 rings (SSSR count). The van der Waals surface area contributed by atoms with E-state index in [1.54, 1.807) is 17.3 Å². The minimum absolute atomic E-state index is 0.0784. The number of carbonyl (C=O) groups is 2. The van der Waals surface area contributed by atoms with E-state index < -0.39 is 5.97 Å². The Kier molecular flexibility index (Phi) is 4.97. The predicted octanol–water partition coefficient (Wildman–Crippen LogP) is 0.848. The number of imidazole rings is 1. The fourth-order valence-corrected chi connectivity index (χ4v) is 2.42. The molecule has 20 heavy (non-hydrogen) atoms. The molecule has 1 aliphatic rings. The number of H-pyrrole nitrogens is 1. The molecule has 1 fully saturated rings. The second-order valence-electron chi connectivity index (χ2n) is 5.05. The molecule has 2 amide bonds. The van der Waals surface area contributed by atoms with Gasteiger partial charge in [0.05, 0.1) is 0 Å². The Hall–Kier alpha value is -2.05. The van der Waals surface area contributed by atoms with Crippen LogP contribution in [0.5, 0.6) is 0 Å². The molecular formula is C13H20N4O3. The molecule has 0 aliphatic carbocycles. The highest BCUT2D eigenvalue weighted by atomic mass is 16.4. The summed E-state index contributed by atoms with van der Waals surface area (Å²) in [4.78, 5) is 31.4. The second-order valence-corrected chi connectivity index (χ2v) is 5.05. The van der Waals surface area contributed by atoms with Crippen LogP contribution in [0.25, 0.3) is 0 Å². The Morgan fingerprint density at radius 2 is 2.20 bits per heavy atom. The van der Waals surface area contributed by atoms with Crippen molar-refractivity contribution in [2.24, 2.45) is 5.92 Å². The molecule has 0 bridgehead atoms. The number of likely N-dealkylation sites (tertiary alicyclic amines) is 1. The Morgan fingerprint density at radius 1 is 1.45 bits per heavy atom. The van der Waals surface area contributed by atoms with Gasteiger partial charge in [0.25, 0.3) is 0 Å². The summed E-state index contributed by atoms with van der Waals surface area (Å²) >= 11 is 0. The van der Waals surface area contributed by atoms with Crippen LogP contribution in [0.1, 0.15) is 25.1 Å². The fourth-order valence-electron chi connectivity index (χ4n) is 2.42. The summed E-state index contributed by atoms with van der Waals surface area (Å²) in [6.45, 7) is 1.80. The first-order valence-electron chi connectivity index (χ1n) is 6.88. The van der Waals surface area contributed by atoms with Gasteiger partial charge in [0.2, 0.25) is 0 Å². The topological polar surface area (TPSA) is 98.3 Å². The van der Waals surface area contributed by atoms with E-state index in [1.165, 1.54) is 0 Å². The molecule has 0 radical (unpaired) electrons. The molecule has 0 aromatic carbocycles. The molecule has 1 aliphatic heterocycles. The van der Waals surface area contributed by atoms with E-state index in [0.29, 0.717) is 26.1 Å². The Bertz CT molecular complexity index is 438. The average molecular weight is 280 g/mol. The molecule has 0 atom stereocenters. The van der Waals surface area contributed by atoms with Crippen LogP contribution in [-0.4, -0.2) is 51.6 Å². The van der Waals surface area contributed by atoms with Crippen LogP contribution in [0, 0.1) is 5.92 Å². The number of carboxylic acid groups (broad SMARTS) is 1. The van der Waals surface area contributed by atoms with Crippen LogP contribution in [0.15, 0.2) is 12.4 Å². The van der Waals surface area contributed by atoms with Gasteiger partial charge < -0.3 is 20.3 Å². The Morgan fingerprint density at radius 3 is 2.80 bits per heavy atom. The van der Waals surface area contributed by atoms with Gasteiger partial charge in [-0.1, -0.05) is 0 Å². The number of hydrogen-bond donors (Lipinski definition) is 3. The quantitative estimate of drug-likeness (QED) is 0.744. The number of carboxylic acids is 1. The third-order valence-electron chi connectivity index (χ3n) is 3.56. The molecule has 7 heteroatoms. The molecule has 7 nitrogen and oxygen atoms in total. The lowest BCUT2D eigenvalue weighted by molar-refractivity contribution is -0.138. The molecule has 3 N–H and O–H groups in total. The number of rotatable bonds is 5. The first-order chi connectivity index (χ1) is 9.65. The van der Waals surface area contributed by atoms with Crippen LogP contribution < -0.4 is 5.32 Å². The molecule has 2 heterocycles. The summed E-state index contributed by atoms with van der Waals surface area (Å²) < 4.78 is 0. The van der Waals surface area contributed by atoms with Crippen molar-refractivity contribution in [1.29, 1.82) is 0 Å². The highest BCUT2D eigenvalue weighted by Crippen LogP contribution is 2.20. The number of nitrogens with one attached hydrogen (secondary N) is 2. The van der Waals surface area contributed by atoms with Crippen molar-refractivity contribution in [3.8, 4) is 0 Å². The summed E-state index contributed by atoms with van der Waals surface area (Å²) in [7, 11) is 0. The average Bonchev–Trinajstić information content (AvgIpc) is 2.92. The number of piperidine rings is 1. The van der Waals surface area contributed by atoms with E-state index in [2.05, 4.69) is 15.3 Å². The predicted molar refractivity (Wildman–Crippen MR) is 72.2 cm³/mol. The number of hydrogen-bond acceptors (Lipinski definition) is 3. The van der Waals surface area contributed by atoms with Gasteiger partial charge in [0.15, 0.2) is 0 Å². The first kappa shape index (κ1) is 14.4. The normalized spacial score (nSPS) is 16.1. The standard InChI is InChI=1S/C13H20N4O3/c18-12(19)9-10-2-7-17(8-3-10)13(20)16-4-1-11-14-5-6-15-11/h5-6,10H,1-4,7-9H2,(H,14,15)(H,16,20)(H,18,19). The van der Waals surface area contributed by atoms with Gasteiger partial charge in [-0.3, -0.25) is 4.79 Å². The third-order valence-corrected chi connectivity index (χ3v) is 3.56. The minimum atomic E-state index is -0.758. The first-order valence-corrected chi connectivity index (χ1v) is 6.88. The maximum atomic E-state index is 11.9. The number of aromatic nitrogens is 2. The summed E-state index contributed by atoms with van der Waals surface area (Å²) in [5.41, 5.74) is 0. The molecule has 110 valence electrons. The zero-order chi connectivity index (χ0) is 14.4. The maximum absolute atomic E-state index is 11.9. The fraction of sp³-hybridized carbons (Fsp3) is 0.615. The van der Waals surface area contributed by atoms with Crippen LogP contribution >= 0.6 is 0 Å². The van der Waals surface area contributed by atoms with Crippen molar-refractivity contribution in [3.63, 3.8) is 0 Å². The highest BCUT2D eigenvalue weighted by molar-refractivity contribution is 5.74. The van der Waals surface area contributed by atoms with Gasteiger partial charge in [-0.2, -0.15) is 0 Å². The number of aliphatic carboxylic acids is 1. The van der Waals surface area contributed by atoms with Crippen molar-refractivity contribution < 1.29 is 14.7 Å². The highest BCUT2D eigenvalue weighted by Gasteiger charge is 2.23. The zero-order valence-corrected chi connectivity index (χ0v) is 11.3. The van der Waals surface area contributed by atoms with E-state index in [9.17, 15) is 9.59 Å². The van der Waals surface area contributed by atoms with Gasteiger partial charge in [0, 0.05) is 44.9 Å². The lowest BCUT2D eigenvalue weighted by Crippen LogP contribution is -2.45. The lowest BCUT2D eigenvalue weighted by Gasteiger charge is -2.31. The molecule has 0 spiro atoms. The molecule has 0 unspecified atom stereocenters. The van der Waals surface area contributed by atoms with Gasteiger partial charge in [0.1, 0.15) is 5.82 Å². The third kappa shape index (κ3) is 4.25. The number of amides is 2. The number of aromatic amines is 1. The monoisotopic (exact) mass is 280 g/mol. The molecule has 1 aromatic rings. The van der Waals surface area contributed by atoms with Gasteiger partial charge in [-0.25, -0.2) is 9.78 Å². The zero-order valence-electron chi connectivity index (χ0n) is 11.3. The van der Waals surface area contributed by atoms with Crippen molar-refractivity contribution in [3.05, 3.63) is 18.2 Å². The van der Waals surface area contributed by atoms with E-state index in [4.69, 9.17) is 5.11 Å². The number of carbonyl (C=O) groups excluding carboxylic acids is 1. The molecular weight excluding hydrogens is 260 g/mol. The largest absolute Gasteiger partial charge is 0.481 e. The van der Waals surface area contributed by atoms with Gasteiger partial charge in [-0.05, 0) is 18.8 Å². The lowest BCUT2D eigenvalue weighted by atomic mass is 9.94. The number of nitrogens with zero attached hydrogens (tertiary/aromatic N) is 2. The van der Waals surface area contributed by atoms with Crippen LogP contribution in [0.4, 0.5) is 4.79 Å². The Labute approximate surface area is 117 Å². The van der Waals surface area contributed by atoms with Crippen LogP contribution in [0.2, 0.25) is 0 Å². The van der Waals surface area contributed by atoms with E-state index in [0.717, 1.165) is 18.7 Å². The molecule has 1 aromatic heterocycles. The van der Waals surface area contributed by atoms with Crippen molar-refractivity contribution in [2.45, 2.75) is 25.7 Å². The van der Waals surface area contributed by atoms with Crippen molar-refractivity contribution in [1.82, 2.24) is 20.2 Å². The van der Waals surface area contributed by atoms with Crippen molar-refractivity contribution in [2.75, 3.05) is 19.6 Å². The van der Waals surface area contributed by atoms with E-state index in [1.807, 2.05) is 0 Å². The summed E-state index contributed by atoms with van der Waals surface area (Å²) in [5.74, 6) is 0.288. The van der Waals surface area contributed by atoms with Gasteiger partial charge in [-0.15, -0.1) is 0 Å². The van der Waals surface area contributed by atoms with Crippen LogP contribution in [0.3, 0.4) is 0 Å². The SMILES string of the molecule is O=C(O)CC1CCN(C(=O)NCCc2ncc[nH]2)CC1. The molecule has 1 saturated heterocycles. The Balaban J connectivity index is 1.65. The minimum Gasteiger partial charge on any atom is -0.481 e. The second kappa shape index (κ2) is 6.93. The van der Waals surface area contributed by atoms with E-state index in [-0.39, 0.29) is 18.4 Å². The number of urea groups is 1. The summed E-state index contributed by atoms with van der Waals surface area (Å²) in [5, 5.41) is 11.6.